The van der Waals surface area contributed by atoms with Gasteiger partial charge in [-0.25, -0.2) is 0 Å². The molecule has 0 bridgehead atoms. The molecule has 0 atom stereocenters. The number of rotatable bonds is 2. The van der Waals surface area contributed by atoms with Crippen LogP contribution in [-0.2, 0) is 6.42 Å². The first kappa shape index (κ1) is 9.32. The molecular formula is C9H10N6. The monoisotopic (exact) mass is 202 g/mol. The maximum atomic E-state index is 5.45. The molecule has 15 heavy (non-hydrogen) atoms. The second-order valence-electron chi connectivity index (χ2n) is 2.97. The fourth-order valence-electron chi connectivity index (χ4n) is 1.20. The van der Waals surface area contributed by atoms with Crippen LogP contribution < -0.4 is 11.5 Å². The number of anilines is 2. The number of nitrogen functional groups attached to an aromatic ring is 2. The average Bonchev–Trinajstić information content (AvgIpc) is 2.17. The molecule has 0 unspecified atom stereocenters. The standard InChI is InChI=1S/C9H10N6/c10-8-13-7(14-9(11)15-8)5-6-3-1-2-4-12-6/h1-4H,5H2,(H4,10,11,13,14,15). The van der Waals surface area contributed by atoms with Gasteiger partial charge in [0.15, 0.2) is 0 Å². The van der Waals surface area contributed by atoms with Crippen LogP contribution in [-0.4, -0.2) is 19.9 Å². The third kappa shape index (κ3) is 2.37. The summed E-state index contributed by atoms with van der Waals surface area (Å²) < 4.78 is 0. The van der Waals surface area contributed by atoms with Crippen LogP contribution in [0.25, 0.3) is 0 Å². The fourth-order valence-corrected chi connectivity index (χ4v) is 1.20. The molecular weight excluding hydrogens is 192 g/mol. The molecule has 0 saturated heterocycles. The number of nitrogens with two attached hydrogens (primary N) is 2. The number of pyridine rings is 1. The van der Waals surface area contributed by atoms with Gasteiger partial charge in [0.2, 0.25) is 11.9 Å². The molecule has 2 rings (SSSR count). The largest absolute Gasteiger partial charge is 0.368 e. The van der Waals surface area contributed by atoms with Gasteiger partial charge in [-0.05, 0) is 12.1 Å². The second kappa shape index (κ2) is 3.87. The summed E-state index contributed by atoms with van der Waals surface area (Å²) in [5, 5.41) is 0. The number of aromatic nitrogens is 4. The Bertz CT molecular complexity index is 435. The Labute approximate surface area is 86.4 Å². The molecule has 0 saturated carbocycles. The van der Waals surface area contributed by atoms with Gasteiger partial charge < -0.3 is 11.5 Å². The summed E-state index contributed by atoms with van der Waals surface area (Å²) in [5.41, 5.74) is 11.8. The van der Waals surface area contributed by atoms with E-state index in [-0.39, 0.29) is 11.9 Å². The second-order valence-corrected chi connectivity index (χ2v) is 2.97. The summed E-state index contributed by atoms with van der Waals surface area (Å²) >= 11 is 0. The van der Waals surface area contributed by atoms with Crippen molar-refractivity contribution in [1.29, 1.82) is 0 Å². The molecule has 2 heterocycles. The summed E-state index contributed by atoms with van der Waals surface area (Å²) in [5.74, 6) is 0.792. The molecule has 0 aliphatic carbocycles. The molecule has 0 spiro atoms. The molecule has 6 nitrogen and oxygen atoms in total. The number of nitrogens with zero attached hydrogens (tertiary/aromatic N) is 4. The summed E-state index contributed by atoms with van der Waals surface area (Å²) in [6.07, 6.45) is 2.21. The molecule has 6 heteroatoms. The molecule has 4 N–H and O–H groups in total. The SMILES string of the molecule is Nc1nc(N)nc(Cc2ccccn2)n1. The van der Waals surface area contributed by atoms with Crippen LogP contribution in [0.1, 0.15) is 11.5 Å². The van der Waals surface area contributed by atoms with E-state index in [0.29, 0.717) is 12.2 Å². The highest BCUT2D eigenvalue weighted by molar-refractivity contribution is 5.27. The van der Waals surface area contributed by atoms with Crippen molar-refractivity contribution in [3.63, 3.8) is 0 Å². The van der Waals surface area contributed by atoms with Crippen LogP contribution in [0.5, 0.6) is 0 Å². The highest BCUT2D eigenvalue weighted by Crippen LogP contribution is 2.04. The Morgan fingerprint density at radius 1 is 1.00 bits per heavy atom. The van der Waals surface area contributed by atoms with Gasteiger partial charge in [-0.1, -0.05) is 6.07 Å². The Hall–Kier alpha value is -2.24. The van der Waals surface area contributed by atoms with Crippen LogP contribution in [0.15, 0.2) is 24.4 Å². The van der Waals surface area contributed by atoms with Crippen LogP contribution in [0.3, 0.4) is 0 Å². The summed E-state index contributed by atoms with van der Waals surface area (Å²) in [7, 11) is 0. The highest BCUT2D eigenvalue weighted by atomic mass is 15.1. The van der Waals surface area contributed by atoms with Gasteiger partial charge >= 0.3 is 0 Å². The molecule has 0 radical (unpaired) electrons. The smallest absolute Gasteiger partial charge is 0.225 e. The van der Waals surface area contributed by atoms with E-state index in [1.54, 1.807) is 6.20 Å². The van der Waals surface area contributed by atoms with Crippen molar-refractivity contribution in [3.05, 3.63) is 35.9 Å². The van der Waals surface area contributed by atoms with Gasteiger partial charge in [-0.2, -0.15) is 15.0 Å². The zero-order chi connectivity index (χ0) is 10.7. The summed E-state index contributed by atoms with van der Waals surface area (Å²) in [6, 6.07) is 5.63. The topological polar surface area (TPSA) is 104 Å². The van der Waals surface area contributed by atoms with E-state index in [1.807, 2.05) is 18.2 Å². The molecule has 2 aromatic rings. The van der Waals surface area contributed by atoms with Gasteiger partial charge in [0, 0.05) is 11.9 Å². The minimum Gasteiger partial charge on any atom is -0.368 e. The van der Waals surface area contributed by atoms with Crippen molar-refractivity contribution in [2.24, 2.45) is 0 Å². The Morgan fingerprint density at radius 2 is 1.73 bits per heavy atom. The van der Waals surface area contributed by atoms with Crippen molar-refractivity contribution in [3.8, 4) is 0 Å². The van der Waals surface area contributed by atoms with Crippen LogP contribution in [0.4, 0.5) is 11.9 Å². The van der Waals surface area contributed by atoms with Crippen molar-refractivity contribution in [1.82, 2.24) is 19.9 Å². The Kier molecular flexibility index (Phi) is 2.40. The third-order valence-corrected chi connectivity index (χ3v) is 1.78. The van der Waals surface area contributed by atoms with E-state index in [2.05, 4.69) is 19.9 Å². The van der Waals surface area contributed by atoms with E-state index in [0.717, 1.165) is 5.69 Å². The van der Waals surface area contributed by atoms with Crippen LogP contribution in [0, 0.1) is 0 Å². The maximum absolute atomic E-state index is 5.45. The first-order valence-electron chi connectivity index (χ1n) is 4.40. The molecule has 76 valence electrons. The first-order chi connectivity index (χ1) is 7.24. The van der Waals surface area contributed by atoms with Gasteiger partial charge in [-0.3, -0.25) is 4.98 Å². The van der Waals surface area contributed by atoms with E-state index >= 15 is 0 Å². The molecule has 0 aliphatic heterocycles. The van der Waals surface area contributed by atoms with E-state index < -0.39 is 0 Å². The van der Waals surface area contributed by atoms with Gasteiger partial charge in [0.1, 0.15) is 5.82 Å². The lowest BCUT2D eigenvalue weighted by atomic mass is 10.2. The minimum absolute atomic E-state index is 0.133. The molecule has 2 aromatic heterocycles. The Balaban J connectivity index is 2.25. The van der Waals surface area contributed by atoms with Crippen molar-refractivity contribution < 1.29 is 0 Å². The molecule has 0 amide bonds. The predicted octanol–water partition coefficient (Wildman–Crippen LogP) is 0.0218. The van der Waals surface area contributed by atoms with Crippen LogP contribution >= 0.6 is 0 Å². The Morgan fingerprint density at radius 3 is 2.33 bits per heavy atom. The van der Waals surface area contributed by atoms with Crippen LogP contribution in [0.2, 0.25) is 0 Å². The zero-order valence-electron chi connectivity index (χ0n) is 7.96. The zero-order valence-corrected chi connectivity index (χ0v) is 7.96. The maximum Gasteiger partial charge on any atom is 0.225 e. The quantitative estimate of drug-likeness (QED) is 0.711. The number of hydrogen-bond acceptors (Lipinski definition) is 6. The third-order valence-electron chi connectivity index (χ3n) is 1.78. The molecule has 0 fully saturated rings. The van der Waals surface area contributed by atoms with Crippen molar-refractivity contribution in [2.45, 2.75) is 6.42 Å². The first-order valence-corrected chi connectivity index (χ1v) is 4.40. The van der Waals surface area contributed by atoms with E-state index in [1.165, 1.54) is 0 Å². The van der Waals surface area contributed by atoms with Crippen molar-refractivity contribution in [2.75, 3.05) is 11.5 Å². The predicted molar refractivity (Wildman–Crippen MR) is 55.7 cm³/mol. The highest BCUT2D eigenvalue weighted by Gasteiger charge is 2.03. The normalized spacial score (nSPS) is 10.1. The summed E-state index contributed by atoms with van der Waals surface area (Å²) in [4.78, 5) is 15.8. The lowest BCUT2D eigenvalue weighted by Crippen LogP contribution is -2.07. The van der Waals surface area contributed by atoms with Gasteiger partial charge in [-0.15, -0.1) is 0 Å². The van der Waals surface area contributed by atoms with E-state index in [4.69, 9.17) is 11.5 Å². The lowest BCUT2D eigenvalue weighted by Gasteiger charge is -2.01. The fraction of sp³-hybridized carbons (Fsp3) is 0.111. The van der Waals surface area contributed by atoms with Gasteiger partial charge in [0.05, 0.1) is 6.42 Å². The average molecular weight is 202 g/mol. The number of hydrogen-bond donors (Lipinski definition) is 2. The van der Waals surface area contributed by atoms with Gasteiger partial charge in [0.25, 0.3) is 0 Å². The molecule has 0 aromatic carbocycles. The lowest BCUT2D eigenvalue weighted by molar-refractivity contribution is 0.915. The van der Waals surface area contributed by atoms with Crippen molar-refractivity contribution >= 4 is 11.9 Å². The van der Waals surface area contributed by atoms with E-state index in [9.17, 15) is 0 Å². The summed E-state index contributed by atoms with van der Waals surface area (Å²) in [6.45, 7) is 0. The molecule has 0 aliphatic rings. The minimum atomic E-state index is 0.133.